The monoisotopic (exact) mass is 278 g/mol. The van der Waals surface area contributed by atoms with E-state index in [1.54, 1.807) is 0 Å². The van der Waals surface area contributed by atoms with Crippen LogP contribution in [0.15, 0.2) is 0 Å². The van der Waals surface area contributed by atoms with E-state index in [9.17, 15) is 0 Å². The topological polar surface area (TPSA) is 9.23 Å². The van der Waals surface area contributed by atoms with Gasteiger partial charge < -0.3 is 0 Å². The molecule has 0 unspecified atom stereocenters. The van der Waals surface area contributed by atoms with Gasteiger partial charge in [0.05, 0.1) is 0 Å². The fourth-order valence-corrected chi connectivity index (χ4v) is 4.71. The molecule has 0 saturated carbocycles. The molecule has 56 valence electrons. The Balaban J connectivity index is 2.75. The standard InChI is InChI=1S/C4H9.CHCl2O.Sn.2H/c1-3-4-2;2-1(3)4;;;/h1,3-4H2,2H3;1H;;;/q;-1;+1;;. The number of hydrogen-bond acceptors (Lipinski definition) is 1. The van der Waals surface area contributed by atoms with Crippen molar-refractivity contribution in [3.63, 3.8) is 0 Å². The molecule has 0 saturated heterocycles. The Hall–Kier alpha value is 1.34. The van der Waals surface area contributed by atoms with E-state index in [0.717, 1.165) is 0 Å². The van der Waals surface area contributed by atoms with E-state index in [1.807, 2.05) is 0 Å². The van der Waals surface area contributed by atoms with Crippen molar-refractivity contribution in [1.29, 1.82) is 0 Å². The first-order valence-corrected chi connectivity index (χ1v) is 8.54. The number of hydrogen-bond donors (Lipinski definition) is 0. The van der Waals surface area contributed by atoms with E-state index < -0.39 is 26.6 Å². The summed E-state index contributed by atoms with van der Waals surface area (Å²) in [6.07, 6.45) is 2.52. The summed E-state index contributed by atoms with van der Waals surface area (Å²) in [6.45, 7) is 2.17. The molecule has 0 heterocycles. The van der Waals surface area contributed by atoms with Crippen LogP contribution in [0, 0.1) is 0 Å². The fraction of sp³-hybridized carbons (Fsp3) is 1.00. The van der Waals surface area contributed by atoms with Crippen molar-refractivity contribution in [2.75, 3.05) is 0 Å². The third-order valence-corrected chi connectivity index (χ3v) is 6.32. The zero-order valence-electron chi connectivity index (χ0n) is 5.57. The molecule has 1 nitrogen and oxygen atoms in total. The number of unbranched alkanes of at least 4 members (excludes halogenated alkanes) is 1. The summed E-state index contributed by atoms with van der Waals surface area (Å²) in [6, 6.07) is 0. The van der Waals surface area contributed by atoms with Crippen molar-refractivity contribution in [3.8, 4) is 0 Å². The average Bonchev–Trinajstić information content (AvgIpc) is 1.80. The molecule has 9 heavy (non-hydrogen) atoms. The van der Waals surface area contributed by atoms with E-state index in [-0.39, 0.29) is 0 Å². The first-order valence-electron chi connectivity index (χ1n) is 3.17. The molecule has 0 aromatic heterocycles. The third kappa shape index (κ3) is 9.34. The second-order valence-electron chi connectivity index (χ2n) is 1.84. The minimum atomic E-state index is -0.966. The van der Waals surface area contributed by atoms with Crippen LogP contribution in [0.3, 0.4) is 0 Å². The second kappa shape index (κ2) is 7.45. The van der Waals surface area contributed by atoms with Gasteiger partial charge in [0, 0.05) is 0 Å². The van der Waals surface area contributed by atoms with Gasteiger partial charge in [-0.25, -0.2) is 0 Å². The van der Waals surface area contributed by atoms with Crippen LogP contribution in [-0.4, -0.2) is 26.6 Å². The Bertz CT molecular complexity index is 60.9. The van der Waals surface area contributed by atoms with Crippen LogP contribution in [0.2, 0.25) is 4.44 Å². The molecular weight excluding hydrogens is 266 g/mol. The molecule has 0 aromatic rings. The Labute approximate surface area is 76.8 Å². The molecule has 0 N–H and O–H groups in total. The van der Waals surface area contributed by atoms with Gasteiger partial charge >= 0.3 is 77.1 Å². The van der Waals surface area contributed by atoms with Crippen LogP contribution in [0.5, 0.6) is 0 Å². The second-order valence-corrected chi connectivity index (χ2v) is 6.99. The van der Waals surface area contributed by atoms with Gasteiger partial charge in [0.15, 0.2) is 0 Å². The van der Waals surface area contributed by atoms with E-state index in [0.29, 0.717) is 0 Å². The predicted octanol–water partition coefficient (Wildman–Crippen LogP) is 2.07. The molecule has 0 amide bonds. The molecule has 0 aliphatic heterocycles. The molecule has 0 aromatic carbocycles. The predicted molar refractivity (Wildman–Crippen MR) is 44.8 cm³/mol. The fourth-order valence-electron chi connectivity index (χ4n) is 0.524. The molecule has 0 spiro atoms. The molecule has 4 heteroatoms. The summed E-state index contributed by atoms with van der Waals surface area (Å²) in [5.41, 5.74) is 0. The molecular formula is C5H12Cl2OSn. The van der Waals surface area contributed by atoms with Crippen molar-refractivity contribution >= 4 is 44.8 Å². The van der Waals surface area contributed by atoms with Crippen LogP contribution >= 0.6 is 23.2 Å². The zero-order valence-corrected chi connectivity index (χ0v) is 11.1. The van der Waals surface area contributed by atoms with E-state index >= 15 is 0 Å². The van der Waals surface area contributed by atoms with Crippen molar-refractivity contribution in [2.45, 2.75) is 29.2 Å². The first-order chi connectivity index (χ1) is 4.27. The summed E-state index contributed by atoms with van der Waals surface area (Å²) in [4.78, 5) is 0. The SMILES string of the molecule is CCC[CH2][SnH2][O]C(Cl)Cl. The Kier molecular flexibility index (Phi) is 8.55. The summed E-state index contributed by atoms with van der Waals surface area (Å²) in [5.74, 6) is 0. The van der Waals surface area contributed by atoms with Gasteiger partial charge in [0.2, 0.25) is 0 Å². The molecule has 0 fully saturated rings. The van der Waals surface area contributed by atoms with Crippen LogP contribution in [0.1, 0.15) is 19.8 Å². The van der Waals surface area contributed by atoms with Gasteiger partial charge in [-0.3, -0.25) is 0 Å². The molecule has 0 aliphatic rings. The van der Waals surface area contributed by atoms with Gasteiger partial charge in [-0.05, 0) is 0 Å². The summed E-state index contributed by atoms with van der Waals surface area (Å²) in [7, 11) is 0. The quantitative estimate of drug-likeness (QED) is 0.425. The van der Waals surface area contributed by atoms with Crippen LogP contribution in [0.25, 0.3) is 0 Å². The average molecular weight is 278 g/mol. The zero-order chi connectivity index (χ0) is 7.11. The van der Waals surface area contributed by atoms with Crippen molar-refractivity contribution < 1.29 is 3.07 Å². The third-order valence-electron chi connectivity index (χ3n) is 0.992. The molecule has 0 radical (unpaired) electrons. The van der Waals surface area contributed by atoms with Crippen molar-refractivity contribution in [3.05, 3.63) is 0 Å². The van der Waals surface area contributed by atoms with Crippen molar-refractivity contribution in [1.82, 2.24) is 0 Å². The normalized spacial score (nSPS) is 12.0. The Morgan fingerprint density at radius 3 is 2.67 bits per heavy atom. The van der Waals surface area contributed by atoms with Gasteiger partial charge in [-0.1, -0.05) is 0 Å². The van der Waals surface area contributed by atoms with Crippen LogP contribution in [0.4, 0.5) is 0 Å². The van der Waals surface area contributed by atoms with Crippen LogP contribution in [-0.2, 0) is 3.07 Å². The van der Waals surface area contributed by atoms with E-state index in [2.05, 4.69) is 6.92 Å². The molecule has 0 bridgehead atoms. The summed E-state index contributed by atoms with van der Waals surface area (Å²) in [5, 5.41) is -0.558. The van der Waals surface area contributed by atoms with E-state index in [1.165, 1.54) is 17.3 Å². The van der Waals surface area contributed by atoms with Gasteiger partial charge in [0.25, 0.3) is 0 Å². The van der Waals surface area contributed by atoms with Crippen molar-refractivity contribution in [2.24, 2.45) is 0 Å². The Morgan fingerprint density at radius 1 is 1.56 bits per heavy atom. The maximum absolute atomic E-state index is 5.35. The number of rotatable bonds is 5. The molecule has 0 aliphatic carbocycles. The minimum absolute atomic E-state index is 0.558. The summed E-state index contributed by atoms with van der Waals surface area (Å²) < 4.78 is 6.34. The summed E-state index contributed by atoms with van der Waals surface area (Å²) >= 11 is 9.74. The number of alkyl halides is 2. The van der Waals surface area contributed by atoms with Crippen LogP contribution < -0.4 is 0 Å². The first kappa shape index (κ1) is 10.3. The van der Waals surface area contributed by atoms with Gasteiger partial charge in [0.1, 0.15) is 0 Å². The maximum atomic E-state index is 5.35. The van der Waals surface area contributed by atoms with Gasteiger partial charge in [-0.15, -0.1) is 0 Å². The van der Waals surface area contributed by atoms with Gasteiger partial charge in [-0.2, -0.15) is 0 Å². The Morgan fingerprint density at radius 2 is 2.22 bits per heavy atom. The molecule has 0 rings (SSSR count). The number of halogens is 2. The molecule has 0 atom stereocenters. The van der Waals surface area contributed by atoms with E-state index in [4.69, 9.17) is 26.3 Å².